The molecule has 3 N–H and O–H groups in total. The van der Waals surface area contributed by atoms with Crippen molar-refractivity contribution >= 4 is 58.3 Å². The number of hydrogen-bond donors (Lipinski definition) is 3. The number of aromatic nitrogens is 1. The zero-order valence-electron chi connectivity index (χ0n) is 47.1. The summed E-state index contributed by atoms with van der Waals surface area (Å²) >= 11 is 0. The Balaban J connectivity index is 2.34. The molecule has 0 aliphatic carbocycles. The molecule has 3 rings (SSSR count). The average molecular weight is 1040 g/mol. The molecule has 0 bridgehead atoms. The van der Waals surface area contributed by atoms with Crippen molar-refractivity contribution in [2.75, 3.05) is 34.9 Å². The van der Waals surface area contributed by atoms with Crippen LogP contribution in [-0.2, 0) is 54.3 Å². The summed E-state index contributed by atoms with van der Waals surface area (Å²) in [6, 6.07) is 0.330. The fraction of sp³-hybridized carbons (Fsp3) is 0.714. The van der Waals surface area contributed by atoms with E-state index < -0.39 is 89.7 Å². The number of esters is 2. The van der Waals surface area contributed by atoms with Crippen LogP contribution in [-0.4, -0.2) is 144 Å². The Bertz CT molecular complexity index is 2180. The number of nitrogens with one attached hydrogen (secondary N) is 3. The second-order valence-electron chi connectivity index (χ2n) is 21.5. The quantitative estimate of drug-likeness (QED) is 0.110. The number of unbranched alkanes of at least 4 members (excludes halogenated alkanes) is 2. The summed E-state index contributed by atoms with van der Waals surface area (Å²) in [7, 11) is 5.94. The molecular weight excluding hydrogens is 947 g/mol. The summed E-state index contributed by atoms with van der Waals surface area (Å²) in [6.07, 6.45) is 5.92. The molecule has 0 spiro atoms. The van der Waals surface area contributed by atoms with Gasteiger partial charge in [-0.1, -0.05) is 119 Å². The van der Waals surface area contributed by atoms with Gasteiger partial charge in [0.05, 0.1) is 12.1 Å². The predicted molar refractivity (Wildman–Crippen MR) is 285 cm³/mol. The molecule has 1 aromatic heterocycles. The Morgan fingerprint density at radius 1 is 0.662 bits per heavy atom. The molecule has 9 atom stereocenters. The van der Waals surface area contributed by atoms with E-state index in [0.29, 0.717) is 12.0 Å². The van der Waals surface area contributed by atoms with E-state index >= 15 is 9.59 Å². The van der Waals surface area contributed by atoms with E-state index in [1.54, 1.807) is 10.9 Å². The first-order chi connectivity index (χ1) is 35.0. The van der Waals surface area contributed by atoms with Crippen molar-refractivity contribution in [3.05, 3.63) is 36.0 Å². The monoisotopic (exact) mass is 1040 g/mol. The second kappa shape index (κ2) is 30.6. The van der Waals surface area contributed by atoms with E-state index in [2.05, 4.69) is 29.8 Å². The van der Waals surface area contributed by atoms with E-state index in [-0.39, 0.29) is 75.2 Å². The van der Waals surface area contributed by atoms with Crippen LogP contribution >= 0.6 is 0 Å². The van der Waals surface area contributed by atoms with Gasteiger partial charge in [-0.3, -0.25) is 33.6 Å². The minimum absolute atomic E-state index is 0.0160. The lowest BCUT2D eigenvalue weighted by molar-refractivity contribution is -0.164. The fourth-order valence-electron chi connectivity index (χ4n) is 9.53. The van der Waals surface area contributed by atoms with Gasteiger partial charge in [-0.2, -0.15) is 4.73 Å². The normalized spacial score (nSPS) is 23.3. The molecule has 9 unspecified atom stereocenters. The van der Waals surface area contributed by atoms with Crippen LogP contribution in [0.1, 0.15) is 158 Å². The van der Waals surface area contributed by atoms with Gasteiger partial charge >= 0.3 is 11.9 Å². The molecule has 1 aliphatic heterocycles. The number of nitrogens with zero attached hydrogens (tertiary/aromatic N) is 4. The summed E-state index contributed by atoms with van der Waals surface area (Å²) < 4.78 is 12.8. The Kier molecular flexibility index (Phi) is 25.9. The molecule has 1 aliphatic rings. The average Bonchev–Trinajstić information content (AvgIpc) is 3.73. The molecule has 416 valence electrons. The highest BCUT2D eigenvalue weighted by Crippen LogP contribution is 2.26. The van der Waals surface area contributed by atoms with Gasteiger partial charge in [-0.15, -0.1) is 0 Å². The number of carbonyl (C=O) groups excluding carboxylic acids is 8. The summed E-state index contributed by atoms with van der Waals surface area (Å²) in [6.45, 7) is 19.2. The molecule has 1 aromatic carbocycles. The molecule has 1 fully saturated rings. The maximum absolute atomic E-state index is 15.2. The third kappa shape index (κ3) is 18.3. The lowest BCUT2D eigenvalue weighted by Gasteiger charge is -2.35. The zero-order chi connectivity index (χ0) is 55.4. The summed E-state index contributed by atoms with van der Waals surface area (Å²) in [4.78, 5) is 126. The van der Waals surface area contributed by atoms with E-state index in [0.717, 1.165) is 49.4 Å². The van der Waals surface area contributed by atoms with Crippen molar-refractivity contribution in [2.45, 2.75) is 201 Å². The lowest BCUT2D eigenvalue weighted by Crippen LogP contribution is -2.60. The van der Waals surface area contributed by atoms with Crippen LogP contribution in [0.15, 0.2) is 30.5 Å². The van der Waals surface area contributed by atoms with Crippen molar-refractivity contribution in [3.63, 3.8) is 0 Å². The number of hydrogen-bond acceptors (Lipinski definition) is 11. The Morgan fingerprint density at radius 3 is 1.69 bits per heavy atom. The summed E-state index contributed by atoms with van der Waals surface area (Å²) in [5, 5.41) is 9.62. The first-order valence-electron chi connectivity index (χ1n) is 27.2. The molecule has 0 saturated carbocycles. The van der Waals surface area contributed by atoms with Crippen LogP contribution < -0.4 is 20.8 Å². The minimum atomic E-state index is -1.59. The van der Waals surface area contributed by atoms with Crippen LogP contribution in [0.5, 0.6) is 0 Å². The molecule has 18 heteroatoms. The zero-order valence-corrected chi connectivity index (χ0v) is 47.1. The van der Waals surface area contributed by atoms with Gasteiger partial charge in [0.25, 0.3) is 5.91 Å². The molecule has 74 heavy (non-hydrogen) atoms. The summed E-state index contributed by atoms with van der Waals surface area (Å²) in [5.74, 6) is -5.73. The highest BCUT2D eigenvalue weighted by molar-refractivity contribution is 5.98. The number of carbonyl (C=O) groups is 8. The number of ether oxygens (including phenoxy) is 2. The van der Waals surface area contributed by atoms with Crippen molar-refractivity contribution in [1.82, 2.24) is 35.4 Å². The van der Waals surface area contributed by atoms with Crippen LogP contribution in [0, 0.1) is 23.7 Å². The number of para-hydroxylation sites is 1. The van der Waals surface area contributed by atoms with E-state index in [9.17, 15) is 28.8 Å². The third-order valence-electron chi connectivity index (χ3n) is 14.1. The molecule has 6 amide bonds. The minimum Gasteiger partial charge on any atom is -0.466 e. The molecular formula is C56H91N7O11. The van der Waals surface area contributed by atoms with Gasteiger partial charge in [-0.25, -0.2) is 4.79 Å². The highest BCUT2D eigenvalue weighted by Gasteiger charge is 2.41. The van der Waals surface area contributed by atoms with Crippen molar-refractivity contribution in [3.8, 4) is 0 Å². The van der Waals surface area contributed by atoms with Gasteiger partial charge < -0.3 is 45.0 Å². The van der Waals surface area contributed by atoms with Gasteiger partial charge in [0.2, 0.25) is 29.5 Å². The van der Waals surface area contributed by atoms with Crippen LogP contribution in [0.3, 0.4) is 0 Å². The van der Waals surface area contributed by atoms with Crippen LogP contribution in [0.25, 0.3) is 10.9 Å². The Labute approximate surface area is 441 Å². The van der Waals surface area contributed by atoms with E-state index in [1.807, 2.05) is 72.7 Å². The van der Waals surface area contributed by atoms with Gasteiger partial charge in [0, 0.05) is 52.0 Å². The predicted octanol–water partition coefficient (Wildman–Crippen LogP) is 6.38. The van der Waals surface area contributed by atoms with Gasteiger partial charge in [0.15, 0.2) is 6.10 Å². The Morgan fingerprint density at radius 2 is 1.16 bits per heavy atom. The third-order valence-corrected chi connectivity index (χ3v) is 14.1. The molecule has 2 heterocycles. The van der Waals surface area contributed by atoms with Crippen molar-refractivity contribution < 1.29 is 52.7 Å². The van der Waals surface area contributed by atoms with Crippen LogP contribution in [0.4, 0.5) is 0 Å². The second-order valence-corrected chi connectivity index (χ2v) is 21.5. The number of amides is 6. The molecule has 2 aromatic rings. The lowest BCUT2D eigenvalue weighted by atomic mass is 9.94. The Hall–Kier alpha value is -5.68. The molecule has 18 nitrogen and oxygen atoms in total. The molecule has 1 saturated heterocycles. The maximum atomic E-state index is 15.2. The fourth-order valence-corrected chi connectivity index (χ4v) is 9.53. The SMILES string of the molecule is CCCCC(C)CC1NC(=O)C(Cc2cn(OC)c3ccccc23)N(C)C(=O)C(CC(C)C)NC(=O)C(CC(C)C)N(C)C(=O)C(CC(C)CCCC)NC(=O)C(CCC(=O)OCCC)OC(=O)C(C)N(C)C1=O. The standard InChI is InChI=1S/C56H91N7O11/c1-15-18-22-37(8)31-43-53(68)60(11)39(10)56(71)74-48(26-27-49(64)73-28-17-3)52(67)59-44(32-38(9)23-19-16-2)55(70)61(12)46(30-36(6)7)50(65)57-42(29-35(4)5)54(69)62(13)47(51(66)58-43)33-40-34-63(72-14)45-25-21-20-24-41(40)45/h20-21,24-25,34-39,42-44,46-48H,15-19,22-23,26-33H2,1-14H3,(H,57,65)(H,58,66)(H,59,67). The van der Waals surface area contributed by atoms with Gasteiger partial charge in [-0.05, 0) is 74.3 Å². The largest absolute Gasteiger partial charge is 0.466 e. The van der Waals surface area contributed by atoms with Crippen molar-refractivity contribution in [2.24, 2.45) is 23.7 Å². The number of fused-ring (bicyclic) bond motifs is 1. The van der Waals surface area contributed by atoms with E-state index in [1.165, 1.54) is 49.9 Å². The maximum Gasteiger partial charge on any atom is 0.329 e. The smallest absolute Gasteiger partial charge is 0.329 e. The first kappa shape index (κ1) is 62.6. The van der Waals surface area contributed by atoms with Crippen molar-refractivity contribution in [1.29, 1.82) is 0 Å². The first-order valence-corrected chi connectivity index (χ1v) is 27.2. The topological polar surface area (TPSA) is 215 Å². The van der Waals surface area contributed by atoms with Crippen LogP contribution in [0.2, 0.25) is 0 Å². The molecule has 0 radical (unpaired) electrons. The summed E-state index contributed by atoms with van der Waals surface area (Å²) in [5.41, 5.74) is 1.41. The number of benzene rings is 1. The number of rotatable bonds is 22. The van der Waals surface area contributed by atoms with Gasteiger partial charge in [0.1, 0.15) is 43.4 Å². The van der Waals surface area contributed by atoms with E-state index in [4.69, 9.17) is 14.3 Å². The number of likely N-dealkylation sites (N-methyl/N-ethyl adjacent to an activating group) is 3. The highest BCUT2D eigenvalue weighted by atomic mass is 16.6. The number of cyclic esters (lactones) is 1.